The van der Waals surface area contributed by atoms with Crippen molar-refractivity contribution in [1.29, 1.82) is 0 Å². The Labute approximate surface area is 163 Å². The lowest BCUT2D eigenvalue weighted by atomic mass is 10.1. The van der Waals surface area contributed by atoms with Gasteiger partial charge in [0.25, 0.3) is 5.56 Å². The summed E-state index contributed by atoms with van der Waals surface area (Å²) in [5.41, 5.74) is 4.68. The molecule has 0 saturated heterocycles. The minimum atomic E-state index is 0.0144. The van der Waals surface area contributed by atoms with Gasteiger partial charge < -0.3 is 4.57 Å². The van der Waals surface area contributed by atoms with Gasteiger partial charge in [-0.25, -0.2) is 0 Å². The third-order valence-corrected chi connectivity index (χ3v) is 5.34. The smallest absolute Gasteiger partial charge is 0.280 e. The highest BCUT2D eigenvalue weighted by Crippen LogP contribution is 2.31. The molecule has 0 amide bonds. The molecule has 3 heteroatoms. The van der Waals surface area contributed by atoms with E-state index in [1.807, 2.05) is 65.2 Å². The zero-order valence-corrected chi connectivity index (χ0v) is 15.7. The second-order valence-electron chi connectivity index (χ2n) is 6.90. The van der Waals surface area contributed by atoms with E-state index in [4.69, 9.17) is 0 Å². The van der Waals surface area contributed by atoms with Crippen molar-refractivity contribution in [2.75, 3.05) is 0 Å². The molecule has 5 aromatic rings. The average Bonchev–Trinajstić information content (AvgIpc) is 3.09. The van der Waals surface area contributed by atoms with Crippen LogP contribution in [0.25, 0.3) is 38.8 Å². The monoisotopic (exact) mass is 364 g/mol. The van der Waals surface area contributed by atoms with E-state index < -0.39 is 0 Å². The van der Waals surface area contributed by atoms with Crippen molar-refractivity contribution in [3.63, 3.8) is 0 Å². The molecule has 0 fully saturated rings. The minimum Gasteiger partial charge on any atom is -0.336 e. The maximum atomic E-state index is 13.8. The number of nitrogens with zero attached hydrogens (tertiary/aromatic N) is 2. The van der Waals surface area contributed by atoms with Crippen LogP contribution in [0.3, 0.4) is 0 Å². The summed E-state index contributed by atoms with van der Waals surface area (Å²) in [6.07, 6.45) is 0. The summed E-state index contributed by atoms with van der Waals surface area (Å²) in [5, 5.41) is 2.13. The van der Waals surface area contributed by atoms with Crippen molar-refractivity contribution < 1.29 is 0 Å². The number of para-hydroxylation sites is 2. The van der Waals surface area contributed by atoms with Crippen molar-refractivity contribution >= 4 is 21.8 Å². The normalized spacial score (nSPS) is 11.3. The SMILES string of the molecule is CCn1c2ccccc2c2cc(-c3ccccc3)n(-c3ccccc3)c(=O)c21. The molecule has 28 heavy (non-hydrogen) atoms. The first-order valence-corrected chi connectivity index (χ1v) is 9.57. The summed E-state index contributed by atoms with van der Waals surface area (Å²) in [5.74, 6) is 0. The molecule has 0 N–H and O–H groups in total. The third kappa shape index (κ3) is 2.40. The molecular weight excluding hydrogens is 344 g/mol. The molecule has 0 aliphatic rings. The first kappa shape index (κ1) is 16.6. The van der Waals surface area contributed by atoms with Gasteiger partial charge in [-0.1, -0.05) is 66.7 Å². The van der Waals surface area contributed by atoms with Crippen molar-refractivity contribution in [2.45, 2.75) is 13.5 Å². The molecular formula is C25H20N2O. The maximum Gasteiger partial charge on any atom is 0.280 e. The molecule has 0 atom stereocenters. The lowest BCUT2D eigenvalue weighted by Crippen LogP contribution is -2.22. The van der Waals surface area contributed by atoms with Crippen LogP contribution in [0.5, 0.6) is 0 Å². The van der Waals surface area contributed by atoms with E-state index in [0.29, 0.717) is 0 Å². The van der Waals surface area contributed by atoms with Crippen LogP contribution < -0.4 is 5.56 Å². The van der Waals surface area contributed by atoms with Crippen LogP contribution >= 0.6 is 0 Å². The third-order valence-electron chi connectivity index (χ3n) is 5.34. The van der Waals surface area contributed by atoms with Gasteiger partial charge in [-0.3, -0.25) is 9.36 Å². The maximum absolute atomic E-state index is 13.8. The van der Waals surface area contributed by atoms with Gasteiger partial charge >= 0.3 is 0 Å². The molecule has 0 spiro atoms. The van der Waals surface area contributed by atoms with Crippen LogP contribution in [-0.4, -0.2) is 9.13 Å². The van der Waals surface area contributed by atoms with Crippen molar-refractivity contribution in [3.05, 3.63) is 101 Å². The van der Waals surface area contributed by atoms with E-state index in [1.54, 1.807) is 0 Å². The summed E-state index contributed by atoms with van der Waals surface area (Å²) in [7, 11) is 0. The molecule has 0 aliphatic heterocycles. The molecule has 0 aliphatic carbocycles. The predicted molar refractivity (Wildman–Crippen MR) is 116 cm³/mol. The number of fused-ring (bicyclic) bond motifs is 3. The number of hydrogen-bond acceptors (Lipinski definition) is 1. The Morgan fingerprint density at radius 1 is 0.750 bits per heavy atom. The second-order valence-corrected chi connectivity index (χ2v) is 6.90. The van der Waals surface area contributed by atoms with Crippen LogP contribution in [0.4, 0.5) is 0 Å². The van der Waals surface area contributed by atoms with Gasteiger partial charge in [0.15, 0.2) is 0 Å². The summed E-state index contributed by atoms with van der Waals surface area (Å²) >= 11 is 0. The van der Waals surface area contributed by atoms with E-state index in [0.717, 1.165) is 45.3 Å². The largest absolute Gasteiger partial charge is 0.336 e. The molecule has 2 aromatic heterocycles. The van der Waals surface area contributed by atoms with E-state index in [9.17, 15) is 4.79 Å². The van der Waals surface area contributed by atoms with Gasteiger partial charge in [-0.05, 0) is 36.8 Å². The molecule has 2 heterocycles. The molecule has 3 nitrogen and oxygen atoms in total. The molecule has 0 radical (unpaired) electrons. The predicted octanol–water partition coefficient (Wildman–Crippen LogP) is 5.63. The highest BCUT2D eigenvalue weighted by atomic mass is 16.1. The van der Waals surface area contributed by atoms with Crippen LogP contribution in [0.15, 0.2) is 95.8 Å². The number of rotatable bonds is 3. The van der Waals surface area contributed by atoms with Gasteiger partial charge in [-0.15, -0.1) is 0 Å². The van der Waals surface area contributed by atoms with Gasteiger partial charge in [0.05, 0.1) is 5.69 Å². The number of aryl methyl sites for hydroxylation is 1. The number of aromatic nitrogens is 2. The molecule has 136 valence electrons. The van der Waals surface area contributed by atoms with Crippen LogP contribution in [0, 0.1) is 0 Å². The van der Waals surface area contributed by atoms with Gasteiger partial charge in [0.2, 0.25) is 0 Å². The lowest BCUT2D eigenvalue weighted by molar-refractivity contribution is 0.817. The Morgan fingerprint density at radius 3 is 2.11 bits per heavy atom. The van der Waals surface area contributed by atoms with E-state index in [1.165, 1.54) is 0 Å². The Bertz CT molecular complexity index is 1350. The Morgan fingerprint density at radius 2 is 1.39 bits per heavy atom. The van der Waals surface area contributed by atoms with E-state index in [-0.39, 0.29) is 5.56 Å². The van der Waals surface area contributed by atoms with Gasteiger partial charge in [0, 0.05) is 28.5 Å². The zero-order valence-electron chi connectivity index (χ0n) is 15.7. The first-order chi connectivity index (χ1) is 13.8. The standard InChI is InChI=1S/C25H20N2O/c1-2-26-22-16-10-9-15-20(22)21-17-23(18-11-5-3-6-12-18)27(25(28)24(21)26)19-13-7-4-8-14-19/h3-17H,2H2,1H3. The topological polar surface area (TPSA) is 26.9 Å². The Kier molecular flexibility index (Phi) is 3.87. The number of pyridine rings is 1. The van der Waals surface area contributed by atoms with Crippen molar-refractivity contribution in [1.82, 2.24) is 9.13 Å². The lowest BCUT2D eigenvalue weighted by Gasteiger charge is -2.15. The highest BCUT2D eigenvalue weighted by molar-refractivity contribution is 6.08. The fourth-order valence-electron chi connectivity index (χ4n) is 4.11. The average molecular weight is 364 g/mol. The summed E-state index contributed by atoms with van der Waals surface area (Å²) < 4.78 is 3.96. The van der Waals surface area contributed by atoms with Gasteiger partial charge in [-0.2, -0.15) is 0 Å². The molecule has 0 bridgehead atoms. The summed E-state index contributed by atoms with van der Waals surface area (Å²) in [6, 6.07) is 30.4. The van der Waals surface area contributed by atoms with Crippen LogP contribution in [0.1, 0.15) is 6.92 Å². The summed E-state index contributed by atoms with van der Waals surface area (Å²) in [4.78, 5) is 13.8. The zero-order chi connectivity index (χ0) is 19.1. The number of hydrogen-bond donors (Lipinski definition) is 0. The summed E-state index contributed by atoms with van der Waals surface area (Å²) in [6.45, 7) is 2.84. The molecule has 5 rings (SSSR count). The van der Waals surface area contributed by atoms with Gasteiger partial charge in [0.1, 0.15) is 5.52 Å². The van der Waals surface area contributed by atoms with E-state index in [2.05, 4.69) is 41.8 Å². The van der Waals surface area contributed by atoms with Crippen molar-refractivity contribution in [2.24, 2.45) is 0 Å². The highest BCUT2D eigenvalue weighted by Gasteiger charge is 2.18. The Balaban J connectivity index is 2.01. The molecule has 3 aromatic carbocycles. The van der Waals surface area contributed by atoms with E-state index >= 15 is 0 Å². The fourth-order valence-corrected chi connectivity index (χ4v) is 4.11. The Hall–Kier alpha value is -3.59. The van der Waals surface area contributed by atoms with Crippen LogP contribution in [0.2, 0.25) is 0 Å². The molecule has 0 saturated carbocycles. The first-order valence-electron chi connectivity index (χ1n) is 9.57. The quantitative estimate of drug-likeness (QED) is 0.407. The molecule has 0 unspecified atom stereocenters. The number of benzene rings is 3. The van der Waals surface area contributed by atoms with Crippen LogP contribution in [-0.2, 0) is 6.54 Å². The fraction of sp³-hybridized carbons (Fsp3) is 0.0800. The second kappa shape index (κ2) is 6.54. The van der Waals surface area contributed by atoms with Crippen molar-refractivity contribution in [3.8, 4) is 16.9 Å². The minimum absolute atomic E-state index is 0.0144.